The molecule has 0 aromatic carbocycles. The van der Waals surface area contributed by atoms with Crippen molar-refractivity contribution in [3.63, 3.8) is 0 Å². The molecule has 0 aliphatic rings. The van der Waals surface area contributed by atoms with Gasteiger partial charge in [-0.25, -0.2) is 9.13 Å². The Balaban J connectivity index is 2.44. The summed E-state index contributed by atoms with van der Waals surface area (Å²) >= 11 is 0. The van der Waals surface area contributed by atoms with Crippen LogP contribution in [-0.4, -0.2) is 17.8 Å². The van der Waals surface area contributed by atoms with Crippen LogP contribution in [0, 0.1) is 18.3 Å². The average Bonchev–Trinajstić information content (AvgIpc) is 2.57. The van der Waals surface area contributed by atoms with Gasteiger partial charge in [0.25, 0.3) is 5.82 Å². The van der Waals surface area contributed by atoms with Crippen molar-refractivity contribution < 1.29 is 9.30 Å². The average molecular weight is 208 g/mol. The highest BCUT2D eigenvalue weighted by Gasteiger charge is 2.10. The van der Waals surface area contributed by atoms with E-state index in [0.29, 0.717) is 6.54 Å². The molecule has 4 nitrogen and oxygen atoms in total. The number of imidazole rings is 1. The van der Waals surface area contributed by atoms with Crippen molar-refractivity contribution in [1.82, 2.24) is 4.57 Å². The van der Waals surface area contributed by atoms with Crippen LogP contribution in [0.25, 0.3) is 0 Å². The first kappa shape index (κ1) is 11.7. The Bertz CT molecular complexity index is 338. The van der Waals surface area contributed by atoms with Crippen molar-refractivity contribution in [2.24, 2.45) is 0 Å². The second-order valence-corrected chi connectivity index (χ2v) is 3.38. The fourth-order valence-electron chi connectivity index (χ4n) is 1.50. The van der Waals surface area contributed by atoms with Crippen LogP contribution in [0.1, 0.15) is 19.2 Å². The number of hydrogen-bond acceptors (Lipinski definition) is 2. The smallest absolute Gasteiger partial charge is 0.254 e. The van der Waals surface area contributed by atoms with Gasteiger partial charge in [-0.05, 0) is 6.92 Å². The molecule has 4 heteroatoms. The van der Waals surface area contributed by atoms with Gasteiger partial charge >= 0.3 is 0 Å². The van der Waals surface area contributed by atoms with Crippen molar-refractivity contribution in [2.75, 3.05) is 13.2 Å². The van der Waals surface area contributed by atoms with Gasteiger partial charge in [-0.3, -0.25) is 0 Å². The predicted octanol–water partition coefficient (Wildman–Crippen LogP) is 1.03. The summed E-state index contributed by atoms with van der Waals surface area (Å²) in [4.78, 5) is 0. The summed E-state index contributed by atoms with van der Waals surface area (Å²) in [6.07, 6.45) is 4.97. The van der Waals surface area contributed by atoms with Crippen LogP contribution in [0.4, 0.5) is 0 Å². The van der Waals surface area contributed by atoms with Gasteiger partial charge in [0, 0.05) is 20.0 Å². The Hall–Kier alpha value is -1.34. The lowest BCUT2D eigenvalue weighted by Crippen LogP contribution is -2.36. The number of nitriles is 1. The van der Waals surface area contributed by atoms with Crippen LogP contribution in [0.15, 0.2) is 12.4 Å². The van der Waals surface area contributed by atoms with Crippen LogP contribution in [0.5, 0.6) is 0 Å². The normalized spacial score (nSPS) is 10.2. The molecule has 1 aromatic rings. The Labute approximate surface area is 90.7 Å². The summed E-state index contributed by atoms with van der Waals surface area (Å²) in [7, 11) is 0. The van der Waals surface area contributed by atoms with E-state index in [9.17, 15) is 0 Å². The summed E-state index contributed by atoms with van der Waals surface area (Å²) in [6, 6.07) is 2.14. The highest BCUT2D eigenvalue weighted by molar-refractivity contribution is 4.84. The Morgan fingerprint density at radius 2 is 2.40 bits per heavy atom. The molecule has 0 saturated heterocycles. The molecule has 15 heavy (non-hydrogen) atoms. The van der Waals surface area contributed by atoms with E-state index < -0.39 is 0 Å². The first-order valence-electron chi connectivity index (χ1n) is 5.29. The summed E-state index contributed by atoms with van der Waals surface area (Å²) < 4.78 is 9.37. The number of rotatable bonds is 6. The fraction of sp³-hybridized carbons (Fsp3) is 0.636. The number of hydrogen-bond donors (Lipinski definition) is 0. The third kappa shape index (κ3) is 3.37. The highest BCUT2D eigenvalue weighted by Crippen LogP contribution is 1.94. The first-order valence-corrected chi connectivity index (χ1v) is 5.29. The molecule has 0 bridgehead atoms. The maximum atomic E-state index is 8.60. The SMILES string of the molecule is CCOCCC[n+]1ccn(CC#N)c1C. The lowest BCUT2D eigenvalue weighted by Gasteiger charge is -2.00. The predicted molar refractivity (Wildman–Crippen MR) is 56.1 cm³/mol. The van der Waals surface area contributed by atoms with Gasteiger partial charge in [-0.1, -0.05) is 0 Å². The number of ether oxygens (including phenoxy) is 1. The van der Waals surface area contributed by atoms with E-state index >= 15 is 0 Å². The Morgan fingerprint density at radius 3 is 3.07 bits per heavy atom. The molecular weight excluding hydrogens is 190 g/mol. The van der Waals surface area contributed by atoms with Crippen molar-refractivity contribution in [1.29, 1.82) is 5.26 Å². The zero-order chi connectivity index (χ0) is 11.1. The quantitative estimate of drug-likeness (QED) is 0.517. The molecule has 0 amide bonds. The topological polar surface area (TPSA) is 41.8 Å². The molecule has 1 aromatic heterocycles. The van der Waals surface area contributed by atoms with E-state index in [1.54, 1.807) is 0 Å². The molecule has 0 saturated carbocycles. The lowest BCUT2D eigenvalue weighted by atomic mass is 10.4. The van der Waals surface area contributed by atoms with Crippen LogP contribution < -0.4 is 4.57 Å². The van der Waals surface area contributed by atoms with Crippen LogP contribution in [-0.2, 0) is 17.8 Å². The van der Waals surface area contributed by atoms with Crippen molar-refractivity contribution in [3.8, 4) is 6.07 Å². The lowest BCUT2D eigenvalue weighted by molar-refractivity contribution is -0.703. The molecule has 0 fully saturated rings. The van der Waals surface area contributed by atoms with E-state index in [2.05, 4.69) is 10.6 Å². The molecule has 0 N–H and O–H groups in total. The second-order valence-electron chi connectivity index (χ2n) is 3.38. The summed E-state index contributed by atoms with van der Waals surface area (Å²) in [5.41, 5.74) is 0. The van der Waals surface area contributed by atoms with Gasteiger partial charge in [0.1, 0.15) is 18.5 Å². The number of aromatic nitrogens is 2. The molecular formula is C11H18N3O+. The minimum absolute atomic E-state index is 0.421. The minimum Gasteiger partial charge on any atom is -0.382 e. The van der Waals surface area contributed by atoms with E-state index in [0.717, 1.165) is 32.0 Å². The molecule has 1 rings (SSSR count). The van der Waals surface area contributed by atoms with Gasteiger partial charge in [0.05, 0.1) is 13.2 Å². The molecule has 0 unspecified atom stereocenters. The Morgan fingerprint density at radius 1 is 1.60 bits per heavy atom. The van der Waals surface area contributed by atoms with E-state index in [1.807, 2.05) is 30.8 Å². The third-order valence-electron chi connectivity index (χ3n) is 2.39. The summed E-state index contributed by atoms with van der Waals surface area (Å²) in [6.45, 7) is 6.97. The fourth-order valence-corrected chi connectivity index (χ4v) is 1.50. The van der Waals surface area contributed by atoms with Crippen molar-refractivity contribution in [3.05, 3.63) is 18.2 Å². The molecule has 1 heterocycles. The zero-order valence-corrected chi connectivity index (χ0v) is 9.44. The van der Waals surface area contributed by atoms with Gasteiger partial charge < -0.3 is 4.74 Å². The Kier molecular flexibility index (Phi) is 4.85. The highest BCUT2D eigenvalue weighted by atomic mass is 16.5. The minimum atomic E-state index is 0.421. The van der Waals surface area contributed by atoms with Crippen LogP contribution in [0.3, 0.4) is 0 Å². The number of nitrogens with zero attached hydrogens (tertiary/aromatic N) is 3. The first-order chi connectivity index (χ1) is 7.29. The molecule has 82 valence electrons. The monoisotopic (exact) mass is 208 g/mol. The molecule has 0 aliphatic heterocycles. The number of aryl methyl sites for hydroxylation is 1. The van der Waals surface area contributed by atoms with Gasteiger partial charge in [0.2, 0.25) is 0 Å². The van der Waals surface area contributed by atoms with Gasteiger partial charge in [-0.2, -0.15) is 5.26 Å². The standard InChI is InChI=1S/C11H18N3O/c1-3-15-10-4-6-13-8-9-14(7-5-12)11(13)2/h8-9H,3-4,6-7,10H2,1-2H3/q+1. The zero-order valence-electron chi connectivity index (χ0n) is 9.44. The van der Waals surface area contributed by atoms with E-state index in [-0.39, 0.29) is 0 Å². The van der Waals surface area contributed by atoms with E-state index in [4.69, 9.17) is 10.00 Å². The van der Waals surface area contributed by atoms with Crippen molar-refractivity contribution in [2.45, 2.75) is 33.4 Å². The van der Waals surface area contributed by atoms with Gasteiger partial charge in [-0.15, -0.1) is 0 Å². The van der Waals surface area contributed by atoms with Crippen LogP contribution in [0.2, 0.25) is 0 Å². The molecule has 0 atom stereocenters. The molecule has 0 aliphatic carbocycles. The van der Waals surface area contributed by atoms with Crippen molar-refractivity contribution >= 4 is 0 Å². The summed E-state index contributed by atoms with van der Waals surface area (Å²) in [5.74, 6) is 1.12. The second kappa shape index (κ2) is 6.20. The maximum Gasteiger partial charge on any atom is 0.254 e. The third-order valence-corrected chi connectivity index (χ3v) is 2.39. The largest absolute Gasteiger partial charge is 0.382 e. The van der Waals surface area contributed by atoms with Gasteiger partial charge in [0.15, 0.2) is 6.54 Å². The summed E-state index contributed by atoms with van der Waals surface area (Å²) in [5, 5.41) is 8.60. The van der Waals surface area contributed by atoms with Crippen LogP contribution >= 0.6 is 0 Å². The van der Waals surface area contributed by atoms with E-state index in [1.165, 1.54) is 0 Å². The molecule has 0 spiro atoms. The maximum absolute atomic E-state index is 8.60. The molecule has 0 radical (unpaired) electrons.